The van der Waals surface area contributed by atoms with Crippen LogP contribution in [0.2, 0.25) is 0 Å². The Morgan fingerprint density at radius 3 is 2.93 bits per heavy atom. The molecule has 0 atom stereocenters. The summed E-state index contributed by atoms with van der Waals surface area (Å²) < 4.78 is 1.02. The lowest BCUT2D eigenvalue weighted by Crippen LogP contribution is -2.39. The fraction of sp³-hybridized carbons (Fsp3) is 0.500. The van der Waals surface area contributed by atoms with E-state index in [1.807, 2.05) is 13.0 Å². The van der Waals surface area contributed by atoms with Gasteiger partial charge in [-0.1, -0.05) is 0 Å². The number of anilines is 1. The summed E-state index contributed by atoms with van der Waals surface area (Å²) in [6.07, 6.45) is 3.30. The number of aliphatic hydroxyl groups is 1. The zero-order valence-corrected chi connectivity index (χ0v) is 9.58. The van der Waals surface area contributed by atoms with Crippen molar-refractivity contribution in [1.29, 1.82) is 0 Å². The second-order valence-corrected chi connectivity index (χ2v) is 4.55. The third-order valence-corrected chi connectivity index (χ3v) is 3.54. The van der Waals surface area contributed by atoms with E-state index in [-0.39, 0.29) is 6.10 Å². The van der Waals surface area contributed by atoms with Crippen molar-refractivity contribution in [3.05, 3.63) is 22.3 Å². The zero-order valence-electron chi connectivity index (χ0n) is 8.00. The molecule has 76 valence electrons. The molecule has 1 aromatic rings. The summed E-state index contributed by atoms with van der Waals surface area (Å²) in [5.41, 5.74) is 1.17. The first-order chi connectivity index (χ1) is 6.66. The van der Waals surface area contributed by atoms with E-state index >= 15 is 0 Å². The van der Waals surface area contributed by atoms with Gasteiger partial charge in [0.2, 0.25) is 0 Å². The molecule has 14 heavy (non-hydrogen) atoms. The molecular formula is C10H13BrN2O. The van der Waals surface area contributed by atoms with Crippen LogP contribution >= 0.6 is 15.9 Å². The maximum absolute atomic E-state index is 9.15. The summed E-state index contributed by atoms with van der Waals surface area (Å²) in [5, 5.41) is 12.4. The minimum absolute atomic E-state index is 0.129. The lowest BCUT2D eigenvalue weighted by molar-refractivity contribution is 0.0835. The third-order valence-electron chi connectivity index (χ3n) is 2.54. The molecule has 1 heterocycles. The standard InChI is InChI=1S/C10H13BrN2O/c1-6-2-3-12-10(9(6)11)13-7-4-8(14)5-7/h2-3,7-8,14H,4-5H2,1H3,(H,12,13). The van der Waals surface area contributed by atoms with Crippen LogP contribution in [0, 0.1) is 6.92 Å². The first-order valence-electron chi connectivity index (χ1n) is 4.72. The van der Waals surface area contributed by atoms with E-state index in [0.29, 0.717) is 6.04 Å². The highest BCUT2D eigenvalue weighted by Gasteiger charge is 2.27. The summed E-state index contributed by atoms with van der Waals surface area (Å²) in [6.45, 7) is 2.03. The molecule has 1 aromatic heterocycles. The highest BCUT2D eigenvalue weighted by atomic mass is 79.9. The number of nitrogens with one attached hydrogen (secondary N) is 1. The minimum Gasteiger partial charge on any atom is -0.393 e. The molecule has 1 saturated carbocycles. The molecule has 0 unspecified atom stereocenters. The number of rotatable bonds is 2. The van der Waals surface area contributed by atoms with Gasteiger partial charge in [-0.05, 0) is 47.3 Å². The quantitative estimate of drug-likeness (QED) is 0.852. The van der Waals surface area contributed by atoms with Crippen LogP contribution in [0.5, 0.6) is 0 Å². The molecule has 1 fully saturated rings. The van der Waals surface area contributed by atoms with Gasteiger partial charge in [-0.25, -0.2) is 4.98 Å². The number of aliphatic hydroxyl groups excluding tert-OH is 1. The summed E-state index contributed by atoms with van der Waals surface area (Å²) in [5.74, 6) is 0.877. The van der Waals surface area contributed by atoms with Gasteiger partial charge in [-0.3, -0.25) is 0 Å². The van der Waals surface area contributed by atoms with Gasteiger partial charge in [0.1, 0.15) is 5.82 Å². The average Bonchev–Trinajstić information content (AvgIpc) is 2.10. The number of hydrogen-bond acceptors (Lipinski definition) is 3. The summed E-state index contributed by atoms with van der Waals surface area (Å²) >= 11 is 3.49. The Balaban J connectivity index is 2.06. The Morgan fingerprint density at radius 2 is 2.29 bits per heavy atom. The Bertz CT molecular complexity index is 337. The number of pyridine rings is 1. The van der Waals surface area contributed by atoms with Crippen LogP contribution in [0.4, 0.5) is 5.82 Å². The Labute approximate surface area is 91.7 Å². The predicted molar refractivity (Wildman–Crippen MR) is 59.3 cm³/mol. The van der Waals surface area contributed by atoms with E-state index < -0.39 is 0 Å². The smallest absolute Gasteiger partial charge is 0.140 e. The van der Waals surface area contributed by atoms with Crippen LogP contribution in [0.3, 0.4) is 0 Å². The number of hydrogen-bond donors (Lipinski definition) is 2. The van der Waals surface area contributed by atoms with Crippen molar-refractivity contribution in [2.45, 2.75) is 31.9 Å². The van der Waals surface area contributed by atoms with E-state index in [1.165, 1.54) is 5.56 Å². The Kier molecular flexibility index (Phi) is 2.74. The number of aryl methyl sites for hydroxylation is 1. The Hall–Kier alpha value is -0.610. The molecule has 3 nitrogen and oxygen atoms in total. The van der Waals surface area contributed by atoms with Gasteiger partial charge >= 0.3 is 0 Å². The molecule has 0 bridgehead atoms. The van der Waals surface area contributed by atoms with Crippen molar-refractivity contribution in [3.8, 4) is 0 Å². The zero-order chi connectivity index (χ0) is 10.1. The van der Waals surface area contributed by atoms with E-state index in [1.54, 1.807) is 6.20 Å². The van der Waals surface area contributed by atoms with Crippen molar-refractivity contribution in [1.82, 2.24) is 4.98 Å². The molecule has 0 aliphatic heterocycles. The fourth-order valence-corrected chi connectivity index (χ4v) is 1.89. The van der Waals surface area contributed by atoms with Crippen LogP contribution in [0.1, 0.15) is 18.4 Å². The van der Waals surface area contributed by atoms with Gasteiger partial charge in [-0.15, -0.1) is 0 Å². The average molecular weight is 257 g/mol. The van der Waals surface area contributed by atoms with Gasteiger partial charge < -0.3 is 10.4 Å². The van der Waals surface area contributed by atoms with Crippen LogP contribution in [-0.2, 0) is 0 Å². The number of nitrogens with zero attached hydrogens (tertiary/aromatic N) is 1. The van der Waals surface area contributed by atoms with Crippen molar-refractivity contribution in [2.75, 3.05) is 5.32 Å². The van der Waals surface area contributed by atoms with Crippen LogP contribution in [0.25, 0.3) is 0 Å². The molecule has 2 rings (SSSR count). The highest BCUT2D eigenvalue weighted by molar-refractivity contribution is 9.10. The van der Waals surface area contributed by atoms with Crippen LogP contribution in [0.15, 0.2) is 16.7 Å². The van der Waals surface area contributed by atoms with Gasteiger partial charge in [0.15, 0.2) is 0 Å². The monoisotopic (exact) mass is 256 g/mol. The molecule has 0 spiro atoms. The molecule has 1 aliphatic carbocycles. The molecule has 4 heteroatoms. The summed E-state index contributed by atoms with van der Waals surface area (Å²) in [6, 6.07) is 2.33. The Morgan fingerprint density at radius 1 is 1.57 bits per heavy atom. The van der Waals surface area contributed by atoms with Gasteiger partial charge in [0, 0.05) is 12.2 Å². The maximum atomic E-state index is 9.15. The topological polar surface area (TPSA) is 45.2 Å². The maximum Gasteiger partial charge on any atom is 0.140 e. The fourth-order valence-electron chi connectivity index (χ4n) is 1.54. The normalized spacial score (nSPS) is 25.6. The molecule has 0 radical (unpaired) electrons. The predicted octanol–water partition coefficient (Wildman–Crippen LogP) is 2.09. The lowest BCUT2D eigenvalue weighted by Gasteiger charge is -2.32. The second kappa shape index (κ2) is 3.87. The van der Waals surface area contributed by atoms with E-state index in [4.69, 9.17) is 5.11 Å². The second-order valence-electron chi connectivity index (χ2n) is 3.76. The molecule has 0 saturated heterocycles. The first-order valence-corrected chi connectivity index (χ1v) is 5.52. The SMILES string of the molecule is Cc1ccnc(NC2CC(O)C2)c1Br. The molecular weight excluding hydrogens is 244 g/mol. The number of aromatic nitrogens is 1. The summed E-state index contributed by atoms with van der Waals surface area (Å²) in [4.78, 5) is 4.25. The molecule has 0 aromatic carbocycles. The van der Waals surface area contributed by atoms with Crippen molar-refractivity contribution >= 4 is 21.7 Å². The van der Waals surface area contributed by atoms with Crippen molar-refractivity contribution < 1.29 is 5.11 Å². The van der Waals surface area contributed by atoms with Crippen LogP contribution < -0.4 is 5.32 Å². The third kappa shape index (κ3) is 1.91. The van der Waals surface area contributed by atoms with Crippen molar-refractivity contribution in [3.63, 3.8) is 0 Å². The van der Waals surface area contributed by atoms with E-state index in [0.717, 1.165) is 23.1 Å². The van der Waals surface area contributed by atoms with Gasteiger partial charge in [0.25, 0.3) is 0 Å². The van der Waals surface area contributed by atoms with E-state index in [2.05, 4.69) is 26.2 Å². The van der Waals surface area contributed by atoms with E-state index in [9.17, 15) is 0 Å². The molecule has 2 N–H and O–H groups in total. The van der Waals surface area contributed by atoms with Crippen LogP contribution in [-0.4, -0.2) is 22.2 Å². The molecule has 0 amide bonds. The van der Waals surface area contributed by atoms with Gasteiger partial charge in [0.05, 0.1) is 10.6 Å². The largest absolute Gasteiger partial charge is 0.393 e. The van der Waals surface area contributed by atoms with Crippen molar-refractivity contribution in [2.24, 2.45) is 0 Å². The highest BCUT2D eigenvalue weighted by Crippen LogP contribution is 2.28. The number of halogens is 1. The van der Waals surface area contributed by atoms with Gasteiger partial charge in [-0.2, -0.15) is 0 Å². The minimum atomic E-state index is -0.129. The lowest BCUT2D eigenvalue weighted by atomic mass is 9.89. The first kappa shape index (κ1) is 9.93. The molecule has 1 aliphatic rings. The summed E-state index contributed by atoms with van der Waals surface area (Å²) in [7, 11) is 0.